The Morgan fingerprint density at radius 3 is 2.66 bits per heavy atom. The third-order valence-corrected chi connectivity index (χ3v) is 5.60. The number of nitrogens with one attached hydrogen (secondary N) is 1. The topological polar surface area (TPSA) is 87.5 Å². The second kappa shape index (κ2) is 10.4. The SMILES string of the molecule is COc1ccc(CCNC(=O)COc2cc(C)c3c(C)nn(-c4cccc(F)c4)c3n2)c(OC)c1. The van der Waals surface area contributed by atoms with Crippen LogP contribution >= 0.6 is 0 Å². The van der Waals surface area contributed by atoms with Crippen LogP contribution in [0.3, 0.4) is 0 Å². The van der Waals surface area contributed by atoms with Crippen molar-refractivity contribution in [1.29, 1.82) is 0 Å². The van der Waals surface area contributed by atoms with E-state index in [2.05, 4.69) is 15.4 Å². The summed E-state index contributed by atoms with van der Waals surface area (Å²) in [6.07, 6.45) is 0.592. The van der Waals surface area contributed by atoms with E-state index in [1.165, 1.54) is 12.1 Å². The van der Waals surface area contributed by atoms with Gasteiger partial charge >= 0.3 is 0 Å². The standard InChI is InChI=1S/C26H27FN4O4/c1-16-12-24(29-26-25(16)17(2)30-31(26)20-7-5-6-19(27)13-20)35-15-23(32)28-11-10-18-8-9-21(33-3)14-22(18)34-4/h5-9,12-14H,10-11,15H2,1-4H3,(H,28,32). The van der Waals surface area contributed by atoms with Crippen molar-refractivity contribution in [3.8, 4) is 23.1 Å². The minimum atomic E-state index is -0.364. The van der Waals surface area contributed by atoms with Crippen molar-refractivity contribution in [2.75, 3.05) is 27.4 Å². The van der Waals surface area contributed by atoms with Gasteiger partial charge in [-0.3, -0.25) is 4.79 Å². The number of aryl methyl sites for hydroxylation is 2. The minimum Gasteiger partial charge on any atom is -0.497 e. The van der Waals surface area contributed by atoms with Crippen LogP contribution in [0.5, 0.6) is 17.4 Å². The van der Waals surface area contributed by atoms with Crippen LogP contribution in [0.4, 0.5) is 4.39 Å². The van der Waals surface area contributed by atoms with Crippen LogP contribution in [0.1, 0.15) is 16.8 Å². The van der Waals surface area contributed by atoms with Gasteiger partial charge < -0.3 is 19.5 Å². The minimum absolute atomic E-state index is 0.190. The molecule has 1 N–H and O–H groups in total. The van der Waals surface area contributed by atoms with Gasteiger partial charge in [-0.15, -0.1) is 0 Å². The number of pyridine rings is 1. The van der Waals surface area contributed by atoms with E-state index in [0.29, 0.717) is 41.7 Å². The molecule has 2 aromatic carbocycles. The van der Waals surface area contributed by atoms with Gasteiger partial charge in [0.2, 0.25) is 5.88 Å². The van der Waals surface area contributed by atoms with Gasteiger partial charge in [0.25, 0.3) is 5.91 Å². The summed E-state index contributed by atoms with van der Waals surface area (Å²) in [6, 6.07) is 13.5. The fourth-order valence-corrected chi connectivity index (χ4v) is 3.92. The molecule has 0 aliphatic carbocycles. The highest BCUT2D eigenvalue weighted by atomic mass is 19.1. The number of halogens is 1. The number of methoxy groups -OCH3 is 2. The number of aromatic nitrogens is 3. The second-order valence-electron chi connectivity index (χ2n) is 8.02. The zero-order chi connectivity index (χ0) is 24.9. The van der Waals surface area contributed by atoms with E-state index in [-0.39, 0.29) is 18.3 Å². The highest BCUT2D eigenvalue weighted by Crippen LogP contribution is 2.27. The maximum absolute atomic E-state index is 13.8. The van der Waals surface area contributed by atoms with Crippen LogP contribution in [0.15, 0.2) is 48.5 Å². The summed E-state index contributed by atoms with van der Waals surface area (Å²) < 4.78 is 31.6. The molecule has 0 saturated carbocycles. The van der Waals surface area contributed by atoms with Crippen molar-refractivity contribution in [3.05, 3.63) is 71.2 Å². The maximum Gasteiger partial charge on any atom is 0.258 e. The van der Waals surface area contributed by atoms with Gasteiger partial charge in [0, 0.05) is 24.1 Å². The van der Waals surface area contributed by atoms with Crippen LogP contribution < -0.4 is 19.5 Å². The Kier molecular flexibility index (Phi) is 7.14. The highest BCUT2D eigenvalue weighted by molar-refractivity contribution is 5.84. The first-order valence-electron chi connectivity index (χ1n) is 11.1. The molecule has 2 heterocycles. The molecule has 8 nitrogen and oxygen atoms in total. The monoisotopic (exact) mass is 478 g/mol. The number of carbonyl (C=O) groups excluding carboxylic acids is 1. The molecule has 0 unspecified atom stereocenters. The number of ether oxygens (including phenoxy) is 3. The summed E-state index contributed by atoms with van der Waals surface area (Å²) >= 11 is 0. The molecule has 9 heteroatoms. The van der Waals surface area contributed by atoms with Crippen molar-refractivity contribution in [2.24, 2.45) is 0 Å². The summed E-state index contributed by atoms with van der Waals surface area (Å²) in [5, 5.41) is 8.23. The van der Waals surface area contributed by atoms with Gasteiger partial charge in [-0.25, -0.2) is 9.07 Å². The number of benzene rings is 2. The van der Waals surface area contributed by atoms with Crippen LogP contribution in [0.2, 0.25) is 0 Å². The van der Waals surface area contributed by atoms with Crippen LogP contribution in [0, 0.1) is 19.7 Å². The van der Waals surface area contributed by atoms with Gasteiger partial charge in [-0.2, -0.15) is 10.1 Å². The first-order valence-corrected chi connectivity index (χ1v) is 11.1. The van der Waals surface area contributed by atoms with E-state index in [1.807, 2.05) is 26.0 Å². The van der Waals surface area contributed by atoms with Gasteiger partial charge in [-0.05, 0) is 55.7 Å². The Bertz CT molecular complexity index is 1370. The summed E-state index contributed by atoms with van der Waals surface area (Å²) in [4.78, 5) is 16.9. The summed E-state index contributed by atoms with van der Waals surface area (Å²) in [5.41, 5.74) is 3.72. The Labute approximate surface area is 202 Å². The molecule has 0 saturated heterocycles. The van der Waals surface area contributed by atoms with E-state index in [1.54, 1.807) is 43.2 Å². The average Bonchev–Trinajstić information content (AvgIpc) is 3.19. The highest BCUT2D eigenvalue weighted by Gasteiger charge is 2.16. The van der Waals surface area contributed by atoms with Crippen LogP contribution in [-0.4, -0.2) is 48.0 Å². The van der Waals surface area contributed by atoms with E-state index >= 15 is 0 Å². The molecule has 0 aliphatic rings. The summed E-state index contributed by atoms with van der Waals surface area (Å²) in [5.74, 6) is 1.06. The molecule has 1 amide bonds. The largest absolute Gasteiger partial charge is 0.497 e. The third kappa shape index (κ3) is 5.34. The van der Waals surface area contributed by atoms with Crippen molar-refractivity contribution in [2.45, 2.75) is 20.3 Å². The zero-order valence-corrected chi connectivity index (χ0v) is 20.1. The van der Waals surface area contributed by atoms with Crippen molar-refractivity contribution in [3.63, 3.8) is 0 Å². The molecule has 4 aromatic rings. The fraction of sp³-hybridized carbons (Fsp3) is 0.269. The average molecular weight is 479 g/mol. The molecule has 0 aliphatic heterocycles. The Morgan fingerprint density at radius 1 is 1.09 bits per heavy atom. The van der Waals surface area contributed by atoms with Crippen molar-refractivity contribution >= 4 is 16.9 Å². The van der Waals surface area contributed by atoms with E-state index in [9.17, 15) is 9.18 Å². The fourth-order valence-electron chi connectivity index (χ4n) is 3.92. The molecule has 0 bridgehead atoms. The third-order valence-electron chi connectivity index (χ3n) is 5.60. The van der Waals surface area contributed by atoms with E-state index < -0.39 is 0 Å². The normalized spacial score (nSPS) is 10.9. The van der Waals surface area contributed by atoms with Gasteiger partial charge in [-0.1, -0.05) is 12.1 Å². The van der Waals surface area contributed by atoms with E-state index in [4.69, 9.17) is 14.2 Å². The number of carbonyl (C=O) groups is 1. The molecule has 182 valence electrons. The lowest BCUT2D eigenvalue weighted by atomic mass is 10.1. The first-order chi connectivity index (χ1) is 16.9. The Morgan fingerprint density at radius 2 is 1.91 bits per heavy atom. The number of fused-ring (bicyclic) bond motifs is 1. The lowest BCUT2D eigenvalue weighted by Gasteiger charge is -2.11. The molecule has 35 heavy (non-hydrogen) atoms. The molecule has 2 aromatic heterocycles. The van der Waals surface area contributed by atoms with E-state index in [0.717, 1.165) is 22.2 Å². The second-order valence-corrected chi connectivity index (χ2v) is 8.02. The molecule has 0 atom stereocenters. The number of amides is 1. The Balaban J connectivity index is 1.42. The molecule has 0 radical (unpaired) electrons. The summed E-state index contributed by atoms with van der Waals surface area (Å²) in [7, 11) is 3.19. The molecular formula is C26H27FN4O4. The Hall–Kier alpha value is -4.14. The number of hydrogen-bond donors (Lipinski definition) is 1. The van der Waals surface area contributed by atoms with Gasteiger partial charge in [0.05, 0.1) is 25.6 Å². The van der Waals surface area contributed by atoms with Gasteiger partial charge in [0.15, 0.2) is 12.3 Å². The first kappa shape index (κ1) is 24.0. The lowest BCUT2D eigenvalue weighted by Crippen LogP contribution is -2.30. The number of rotatable bonds is 9. The van der Waals surface area contributed by atoms with Crippen molar-refractivity contribution in [1.82, 2.24) is 20.1 Å². The van der Waals surface area contributed by atoms with Crippen molar-refractivity contribution < 1.29 is 23.4 Å². The predicted molar refractivity (Wildman–Crippen MR) is 130 cm³/mol. The molecule has 4 rings (SSSR count). The predicted octanol–water partition coefficient (Wildman–Crippen LogP) is 3.93. The molecule has 0 spiro atoms. The van der Waals surface area contributed by atoms with Crippen LogP contribution in [-0.2, 0) is 11.2 Å². The maximum atomic E-state index is 13.8. The lowest BCUT2D eigenvalue weighted by molar-refractivity contribution is -0.123. The zero-order valence-electron chi connectivity index (χ0n) is 20.1. The quantitative estimate of drug-likeness (QED) is 0.392. The smallest absolute Gasteiger partial charge is 0.258 e. The van der Waals surface area contributed by atoms with Gasteiger partial charge in [0.1, 0.15) is 17.3 Å². The summed E-state index contributed by atoms with van der Waals surface area (Å²) in [6.45, 7) is 4.02. The number of nitrogens with zero attached hydrogens (tertiary/aromatic N) is 3. The number of hydrogen-bond acceptors (Lipinski definition) is 6. The van der Waals surface area contributed by atoms with Crippen LogP contribution in [0.25, 0.3) is 16.7 Å². The molecular weight excluding hydrogens is 451 g/mol. The molecule has 0 fully saturated rings.